The Hall–Kier alpha value is -2.53. The number of ether oxygens (including phenoxy) is 2. The van der Waals surface area contributed by atoms with E-state index in [0.29, 0.717) is 57.3 Å². The number of benzene rings is 1. The first-order valence-electron chi connectivity index (χ1n) is 19.2. The Balaban J connectivity index is 1.10. The largest absolute Gasteiger partial charge is 0.462 e. The summed E-state index contributed by atoms with van der Waals surface area (Å²) in [5.74, 6) is -1.25. The maximum absolute atomic E-state index is 12.7. The van der Waals surface area contributed by atoms with Crippen molar-refractivity contribution in [3.05, 3.63) is 35.9 Å². The highest BCUT2D eigenvalue weighted by molar-refractivity contribution is 5.73. The van der Waals surface area contributed by atoms with Gasteiger partial charge in [-0.25, -0.2) is 0 Å². The van der Waals surface area contributed by atoms with Gasteiger partial charge in [-0.15, -0.1) is 0 Å². The van der Waals surface area contributed by atoms with Crippen molar-refractivity contribution >= 4 is 17.8 Å². The third-order valence-corrected chi connectivity index (χ3v) is 14.7. The van der Waals surface area contributed by atoms with Gasteiger partial charge >= 0.3 is 11.9 Å². The first-order valence-corrected chi connectivity index (χ1v) is 19.2. The molecule has 0 aromatic heterocycles. The van der Waals surface area contributed by atoms with E-state index < -0.39 is 11.6 Å². The molecular formula is C40H57NO9. The van der Waals surface area contributed by atoms with Gasteiger partial charge in [-0.3, -0.25) is 14.4 Å². The molecule has 50 heavy (non-hydrogen) atoms. The maximum Gasteiger partial charge on any atom is 0.302 e. The molecular weight excluding hydrogens is 638 g/mol. The highest BCUT2D eigenvalue weighted by Gasteiger charge is 2.69. The highest BCUT2D eigenvalue weighted by atomic mass is 17.4. The molecule has 6 fully saturated rings. The minimum Gasteiger partial charge on any atom is -0.462 e. The van der Waals surface area contributed by atoms with Crippen molar-refractivity contribution in [3.63, 3.8) is 0 Å². The Morgan fingerprint density at radius 1 is 0.840 bits per heavy atom. The number of esters is 2. The van der Waals surface area contributed by atoms with Gasteiger partial charge in [-0.1, -0.05) is 51.1 Å². The third kappa shape index (κ3) is 6.30. The number of hydrogen-bond donors (Lipinski definition) is 1. The predicted molar refractivity (Wildman–Crippen MR) is 182 cm³/mol. The molecule has 10 atom stereocenters. The van der Waals surface area contributed by atoms with Crippen LogP contribution in [0.4, 0.5) is 0 Å². The summed E-state index contributed by atoms with van der Waals surface area (Å²) in [5.41, 5.74) is 6.45. The summed E-state index contributed by atoms with van der Waals surface area (Å²) in [4.78, 5) is 62.0. The van der Waals surface area contributed by atoms with E-state index in [1.165, 1.54) is 19.4 Å². The number of hydrogen-bond acceptors (Lipinski definition) is 9. The third-order valence-electron chi connectivity index (χ3n) is 14.7. The first kappa shape index (κ1) is 35.9. The zero-order valence-electron chi connectivity index (χ0n) is 30.5. The number of primary amides is 1. The summed E-state index contributed by atoms with van der Waals surface area (Å²) < 4.78 is 12.5. The van der Waals surface area contributed by atoms with Crippen LogP contribution in [0.2, 0.25) is 0 Å². The fourth-order valence-corrected chi connectivity index (χ4v) is 12.1. The van der Waals surface area contributed by atoms with Crippen LogP contribution in [0.25, 0.3) is 0 Å². The normalized spacial score (nSPS) is 44.4. The molecule has 1 aromatic carbocycles. The molecule has 276 valence electrons. The molecule has 10 nitrogen and oxygen atoms in total. The van der Waals surface area contributed by atoms with Crippen molar-refractivity contribution in [2.75, 3.05) is 0 Å². The van der Waals surface area contributed by atoms with Gasteiger partial charge in [0.25, 0.3) is 0 Å². The fourth-order valence-electron chi connectivity index (χ4n) is 12.1. The smallest absolute Gasteiger partial charge is 0.302 e. The Morgan fingerprint density at radius 3 is 2.14 bits per heavy atom. The zero-order valence-corrected chi connectivity index (χ0v) is 30.5. The average Bonchev–Trinajstić information content (AvgIpc) is 3.45. The van der Waals surface area contributed by atoms with Gasteiger partial charge in [0.15, 0.2) is 0 Å². The monoisotopic (exact) mass is 695 g/mol. The van der Waals surface area contributed by atoms with Crippen molar-refractivity contribution in [2.45, 2.75) is 148 Å². The molecule has 5 unspecified atom stereocenters. The summed E-state index contributed by atoms with van der Waals surface area (Å²) in [7, 11) is 0. The Morgan fingerprint density at radius 2 is 1.50 bits per heavy atom. The quantitative estimate of drug-likeness (QED) is 0.231. The van der Waals surface area contributed by atoms with Crippen LogP contribution in [0.5, 0.6) is 0 Å². The molecule has 2 N–H and O–H groups in total. The Kier molecular flexibility index (Phi) is 9.66. The van der Waals surface area contributed by atoms with Gasteiger partial charge < -0.3 is 15.2 Å². The van der Waals surface area contributed by atoms with E-state index in [2.05, 4.69) is 45.0 Å². The minimum absolute atomic E-state index is 0.103. The molecule has 1 heterocycles. The molecule has 6 aliphatic rings. The van der Waals surface area contributed by atoms with E-state index in [9.17, 15) is 14.4 Å². The van der Waals surface area contributed by atoms with Crippen molar-refractivity contribution in [3.8, 4) is 0 Å². The number of carbonyl (C=O) groups is 3. The van der Waals surface area contributed by atoms with Gasteiger partial charge in [0.1, 0.15) is 12.2 Å². The van der Waals surface area contributed by atoms with E-state index in [1.807, 2.05) is 6.07 Å². The van der Waals surface area contributed by atoms with Crippen LogP contribution in [0.3, 0.4) is 0 Å². The number of carbonyl (C=O) groups excluding carboxylic acids is 3. The summed E-state index contributed by atoms with van der Waals surface area (Å²) in [6.45, 7) is 9.86. The maximum atomic E-state index is 12.7. The first-order chi connectivity index (χ1) is 23.8. The lowest BCUT2D eigenvalue weighted by molar-refractivity contribution is -0.665. The lowest BCUT2D eigenvalue weighted by atomic mass is 9.42. The second-order valence-electron chi connectivity index (χ2n) is 17.3. The van der Waals surface area contributed by atoms with Crippen molar-refractivity contribution in [2.24, 2.45) is 52.1 Å². The molecule has 0 bridgehead atoms. The van der Waals surface area contributed by atoms with E-state index in [-0.39, 0.29) is 76.4 Å². The number of rotatable bonds is 7. The molecule has 5 aliphatic carbocycles. The van der Waals surface area contributed by atoms with Crippen LogP contribution in [-0.4, -0.2) is 41.6 Å². The highest BCUT2D eigenvalue weighted by Crippen LogP contribution is 2.70. The number of amides is 1. The molecule has 1 saturated heterocycles. The topological polar surface area (TPSA) is 133 Å². The number of nitrogens with two attached hydrogens (primary N) is 1. The van der Waals surface area contributed by atoms with Crippen LogP contribution >= 0.6 is 0 Å². The van der Waals surface area contributed by atoms with Crippen molar-refractivity contribution < 1.29 is 43.4 Å². The summed E-state index contributed by atoms with van der Waals surface area (Å²) in [6.07, 6.45) is 9.01. The second kappa shape index (κ2) is 13.5. The van der Waals surface area contributed by atoms with E-state index in [0.717, 1.165) is 32.1 Å². The number of fused-ring (bicyclic) bond motifs is 5. The van der Waals surface area contributed by atoms with E-state index >= 15 is 0 Å². The molecule has 5 saturated carbocycles. The summed E-state index contributed by atoms with van der Waals surface area (Å²) in [5, 5.41) is 0. The van der Waals surface area contributed by atoms with Crippen LogP contribution in [0.15, 0.2) is 30.3 Å². The Labute approximate surface area is 296 Å². The summed E-state index contributed by atoms with van der Waals surface area (Å²) in [6, 6.07) is 10.6. The molecule has 2 spiro atoms. The van der Waals surface area contributed by atoms with Crippen LogP contribution < -0.4 is 5.73 Å². The predicted octanol–water partition coefficient (Wildman–Crippen LogP) is 7.29. The summed E-state index contributed by atoms with van der Waals surface area (Å²) >= 11 is 0. The van der Waals surface area contributed by atoms with Crippen LogP contribution in [0.1, 0.15) is 130 Å². The van der Waals surface area contributed by atoms with Gasteiger partial charge in [0.05, 0.1) is 0 Å². The van der Waals surface area contributed by atoms with Crippen molar-refractivity contribution in [1.82, 2.24) is 0 Å². The molecule has 10 heteroatoms. The average molecular weight is 696 g/mol. The van der Waals surface area contributed by atoms with Crippen LogP contribution in [-0.2, 0) is 43.4 Å². The fraction of sp³-hybridized carbons (Fsp3) is 0.775. The van der Waals surface area contributed by atoms with Gasteiger partial charge in [0, 0.05) is 57.3 Å². The Bertz CT molecular complexity index is 1420. The van der Waals surface area contributed by atoms with Crippen LogP contribution in [0, 0.1) is 46.3 Å². The molecule has 7 rings (SSSR count). The lowest BCUT2D eigenvalue weighted by Gasteiger charge is -2.65. The van der Waals surface area contributed by atoms with E-state index in [1.54, 1.807) is 0 Å². The standard InChI is InChI=1S/C40H57NO9/c1-24(11-14-35(41)44)30-12-13-31-36-32(22-34(38(30,31)5)46-26(3)43)37(4)19-20-40(23-29(37)21-33(36)45-25(2)42)49-47-39(48-50-40)17-15-28(16-18-39)27-9-7-6-8-10-27/h6-10,24,28-34,36H,11-23H2,1-5H3,(H2,41,44)/t24?,28?,29-,30-,31?,32?,33?,34+,36?,37+,38-,39?,40?/m1/s1. The SMILES string of the molecule is CC(=O)OC1C[C@@H]2CC3(CC[C@]2(C)C2C[C@H](OC(C)=O)[C@@]4(C)C(CC[C@@H]4C(C)CCC(N)=O)C12)OOC1(CCC(c2ccccc2)CC1)OO3. The zero-order chi connectivity index (χ0) is 35.5. The molecule has 1 aromatic rings. The molecule has 0 radical (unpaired) electrons. The second-order valence-corrected chi connectivity index (χ2v) is 17.3. The van der Waals surface area contributed by atoms with Gasteiger partial charge in [0.2, 0.25) is 17.5 Å². The van der Waals surface area contributed by atoms with Gasteiger partial charge in [-0.05, 0) is 97.9 Å². The molecule has 1 amide bonds. The molecule has 1 aliphatic heterocycles. The van der Waals surface area contributed by atoms with Gasteiger partial charge in [-0.2, -0.15) is 19.6 Å². The van der Waals surface area contributed by atoms with E-state index in [4.69, 9.17) is 34.8 Å². The van der Waals surface area contributed by atoms with Crippen molar-refractivity contribution in [1.29, 1.82) is 0 Å². The lowest BCUT2D eigenvalue weighted by Crippen LogP contribution is -2.65. The minimum atomic E-state index is -1.04.